The van der Waals surface area contributed by atoms with Crippen LogP contribution in [0.25, 0.3) is 10.9 Å². The topological polar surface area (TPSA) is 106 Å². The highest BCUT2D eigenvalue weighted by Gasteiger charge is 2.14. The van der Waals surface area contributed by atoms with Gasteiger partial charge in [-0.1, -0.05) is 23.9 Å². The fourth-order valence-corrected chi connectivity index (χ4v) is 3.64. The zero-order chi connectivity index (χ0) is 21.1. The van der Waals surface area contributed by atoms with E-state index in [4.69, 9.17) is 0 Å². The standard InChI is InChI=1S/C20H17FN6O2S/c1-27-17(10-18(28)22-13-8-6-12(21)7-9-13)25-26-20(27)30-11-16-23-15-5-3-2-4-14(15)19(29)24-16/h2-9H,10-11H2,1H3,(H,22,28)(H,23,24,29). The van der Waals surface area contributed by atoms with Crippen LogP contribution in [0, 0.1) is 5.82 Å². The number of carbonyl (C=O) groups excluding carboxylic acids is 1. The predicted molar refractivity (Wildman–Crippen MR) is 112 cm³/mol. The summed E-state index contributed by atoms with van der Waals surface area (Å²) in [5.41, 5.74) is 0.949. The summed E-state index contributed by atoms with van der Waals surface area (Å²) < 4.78 is 14.7. The van der Waals surface area contributed by atoms with Gasteiger partial charge in [-0.2, -0.15) is 0 Å². The molecule has 0 radical (unpaired) electrons. The van der Waals surface area contributed by atoms with Gasteiger partial charge in [-0.25, -0.2) is 9.37 Å². The minimum atomic E-state index is -0.370. The maximum Gasteiger partial charge on any atom is 0.258 e. The third kappa shape index (κ3) is 4.38. The van der Waals surface area contributed by atoms with Gasteiger partial charge < -0.3 is 14.9 Å². The Bertz CT molecular complexity index is 1270. The lowest BCUT2D eigenvalue weighted by Gasteiger charge is -2.06. The smallest absolute Gasteiger partial charge is 0.258 e. The molecule has 0 saturated carbocycles. The van der Waals surface area contributed by atoms with Gasteiger partial charge in [0, 0.05) is 12.7 Å². The van der Waals surface area contributed by atoms with E-state index in [2.05, 4.69) is 25.5 Å². The number of hydrogen-bond acceptors (Lipinski definition) is 6. The summed E-state index contributed by atoms with van der Waals surface area (Å²) in [4.78, 5) is 31.6. The van der Waals surface area contributed by atoms with Gasteiger partial charge >= 0.3 is 0 Å². The number of aromatic amines is 1. The molecule has 0 spiro atoms. The molecule has 0 saturated heterocycles. The number of benzene rings is 2. The Balaban J connectivity index is 1.41. The summed E-state index contributed by atoms with van der Waals surface area (Å²) in [6, 6.07) is 12.7. The lowest BCUT2D eigenvalue weighted by Crippen LogP contribution is -2.17. The van der Waals surface area contributed by atoms with Crippen molar-refractivity contribution in [2.45, 2.75) is 17.3 Å². The zero-order valence-electron chi connectivity index (χ0n) is 15.9. The van der Waals surface area contributed by atoms with Crippen molar-refractivity contribution in [1.82, 2.24) is 24.7 Å². The highest BCUT2D eigenvalue weighted by atomic mass is 32.2. The van der Waals surface area contributed by atoms with Crippen molar-refractivity contribution in [2.24, 2.45) is 7.05 Å². The van der Waals surface area contributed by atoms with Crippen molar-refractivity contribution in [3.05, 3.63) is 76.4 Å². The first-order valence-corrected chi connectivity index (χ1v) is 10.0. The second-order valence-electron chi connectivity index (χ2n) is 6.51. The highest BCUT2D eigenvalue weighted by molar-refractivity contribution is 7.98. The monoisotopic (exact) mass is 424 g/mol. The molecule has 2 heterocycles. The fraction of sp³-hybridized carbons (Fsp3) is 0.150. The first-order chi connectivity index (χ1) is 14.5. The van der Waals surface area contributed by atoms with Crippen LogP contribution in [0.1, 0.15) is 11.6 Å². The highest BCUT2D eigenvalue weighted by Crippen LogP contribution is 2.20. The van der Waals surface area contributed by atoms with Crippen LogP contribution in [0.3, 0.4) is 0 Å². The Labute approximate surface area is 174 Å². The molecule has 8 nitrogen and oxygen atoms in total. The maximum atomic E-state index is 13.0. The summed E-state index contributed by atoms with van der Waals surface area (Å²) in [6.07, 6.45) is 0.0203. The lowest BCUT2D eigenvalue weighted by atomic mass is 10.2. The largest absolute Gasteiger partial charge is 0.326 e. The number of rotatable bonds is 6. The molecule has 0 bridgehead atoms. The molecule has 2 aromatic heterocycles. The number of aromatic nitrogens is 5. The van der Waals surface area contributed by atoms with E-state index in [1.807, 2.05) is 6.07 Å². The molecule has 0 fully saturated rings. The first kappa shape index (κ1) is 19.8. The van der Waals surface area contributed by atoms with Crippen LogP contribution in [-0.2, 0) is 24.0 Å². The molecule has 152 valence electrons. The van der Waals surface area contributed by atoms with E-state index in [-0.39, 0.29) is 23.7 Å². The van der Waals surface area contributed by atoms with Crippen molar-refractivity contribution in [2.75, 3.05) is 5.32 Å². The second kappa shape index (κ2) is 8.46. The summed E-state index contributed by atoms with van der Waals surface area (Å²) in [6.45, 7) is 0. The van der Waals surface area contributed by atoms with Crippen LogP contribution in [-0.4, -0.2) is 30.6 Å². The van der Waals surface area contributed by atoms with E-state index in [0.29, 0.717) is 39.1 Å². The number of amides is 1. The normalized spacial score (nSPS) is 11.0. The zero-order valence-corrected chi connectivity index (χ0v) is 16.7. The molecule has 2 aromatic carbocycles. The third-order valence-electron chi connectivity index (χ3n) is 4.37. The fourth-order valence-electron chi connectivity index (χ4n) is 2.84. The Hall–Kier alpha value is -3.53. The predicted octanol–water partition coefficient (Wildman–Crippen LogP) is 2.66. The number of fused-ring (bicyclic) bond motifs is 1. The van der Waals surface area contributed by atoms with Crippen molar-refractivity contribution in [3.63, 3.8) is 0 Å². The molecule has 0 aliphatic rings. The maximum absolute atomic E-state index is 13.0. The number of thioether (sulfide) groups is 1. The number of para-hydroxylation sites is 1. The number of H-pyrrole nitrogens is 1. The SMILES string of the molecule is Cn1c(CC(=O)Nc2ccc(F)cc2)nnc1SCc1nc2ccccc2c(=O)[nH]1. The van der Waals surface area contributed by atoms with E-state index in [0.717, 1.165) is 0 Å². The number of carbonyl (C=O) groups is 1. The molecule has 10 heteroatoms. The Morgan fingerprint density at radius 2 is 1.93 bits per heavy atom. The first-order valence-electron chi connectivity index (χ1n) is 9.04. The van der Waals surface area contributed by atoms with Gasteiger partial charge in [0.1, 0.15) is 17.5 Å². The number of nitrogens with zero attached hydrogens (tertiary/aromatic N) is 4. The summed E-state index contributed by atoms with van der Waals surface area (Å²) in [5.74, 6) is 0.757. The van der Waals surface area contributed by atoms with Crippen LogP contribution >= 0.6 is 11.8 Å². The molecule has 0 unspecified atom stereocenters. The lowest BCUT2D eigenvalue weighted by molar-refractivity contribution is -0.115. The second-order valence-corrected chi connectivity index (χ2v) is 7.45. The molecular weight excluding hydrogens is 407 g/mol. The molecule has 2 N–H and O–H groups in total. The van der Waals surface area contributed by atoms with Gasteiger partial charge in [-0.3, -0.25) is 9.59 Å². The Morgan fingerprint density at radius 3 is 2.73 bits per heavy atom. The van der Waals surface area contributed by atoms with E-state index < -0.39 is 0 Å². The molecular formula is C20H17FN6O2S. The molecule has 0 atom stereocenters. The molecule has 4 aromatic rings. The summed E-state index contributed by atoms with van der Waals surface area (Å²) in [5, 5.41) is 12.0. The van der Waals surface area contributed by atoms with Crippen LogP contribution in [0.2, 0.25) is 0 Å². The number of nitrogens with one attached hydrogen (secondary N) is 2. The minimum Gasteiger partial charge on any atom is -0.326 e. The summed E-state index contributed by atoms with van der Waals surface area (Å²) in [7, 11) is 1.76. The molecule has 30 heavy (non-hydrogen) atoms. The van der Waals surface area contributed by atoms with Gasteiger partial charge in [0.2, 0.25) is 5.91 Å². The van der Waals surface area contributed by atoms with Gasteiger partial charge in [0.15, 0.2) is 5.16 Å². The van der Waals surface area contributed by atoms with Crippen LogP contribution in [0.4, 0.5) is 10.1 Å². The number of hydrogen-bond donors (Lipinski definition) is 2. The van der Waals surface area contributed by atoms with Gasteiger partial charge in [0.05, 0.1) is 23.1 Å². The number of anilines is 1. The van der Waals surface area contributed by atoms with Crippen molar-refractivity contribution in [1.29, 1.82) is 0 Å². The average Bonchev–Trinajstić information content (AvgIpc) is 3.07. The van der Waals surface area contributed by atoms with Crippen molar-refractivity contribution >= 4 is 34.3 Å². The molecule has 0 aliphatic heterocycles. The molecule has 4 rings (SSSR count). The van der Waals surface area contributed by atoms with E-state index >= 15 is 0 Å². The number of halogens is 1. The van der Waals surface area contributed by atoms with Crippen LogP contribution in [0.5, 0.6) is 0 Å². The van der Waals surface area contributed by atoms with Crippen LogP contribution in [0.15, 0.2) is 58.5 Å². The van der Waals surface area contributed by atoms with Crippen molar-refractivity contribution in [3.8, 4) is 0 Å². The minimum absolute atomic E-state index is 0.0203. The Kier molecular flexibility index (Phi) is 5.57. The van der Waals surface area contributed by atoms with Gasteiger partial charge in [-0.05, 0) is 36.4 Å². The Morgan fingerprint density at radius 1 is 1.17 bits per heavy atom. The van der Waals surface area contributed by atoms with Crippen LogP contribution < -0.4 is 10.9 Å². The van der Waals surface area contributed by atoms with E-state index in [9.17, 15) is 14.0 Å². The third-order valence-corrected chi connectivity index (χ3v) is 5.40. The quantitative estimate of drug-likeness (QED) is 0.461. The molecule has 1 amide bonds. The molecule has 0 aliphatic carbocycles. The van der Waals surface area contributed by atoms with Gasteiger partial charge in [-0.15, -0.1) is 10.2 Å². The van der Waals surface area contributed by atoms with Gasteiger partial charge in [0.25, 0.3) is 5.56 Å². The van der Waals surface area contributed by atoms with E-state index in [1.54, 1.807) is 29.8 Å². The summed E-state index contributed by atoms with van der Waals surface area (Å²) >= 11 is 1.35. The van der Waals surface area contributed by atoms with Crippen molar-refractivity contribution < 1.29 is 9.18 Å². The van der Waals surface area contributed by atoms with E-state index in [1.165, 1.54) is 36.0 Å². The average molecular weight is 424 g/mol.